The van der Waals surface area contributed by atoms with Gasteiger partial charge in [-0.15, -0.1) is 35.3 Å². The van der Waals surface area contributed by atoms with Crippen LogP contribution >= 0.6 is 35.3 Å². The predicted octanol–water partition coefficient (Wildman–Crippen LogP) is 3.54. The van der Waals surface area contributed by atoms with E-state index in [0.29, 0.717) is 0 Å². The summed E-state index contributed by atoms with van der Waals surface area (Å²) in [5, 5.41) is 10.0. The lowest BCUT2D eigenvalue weighted by molar-refractivity contribution is 0.783. The van der Waals surface area contributed by atoms with Crippen LogP contribution in [-0.2, 0) is 19.4 Å². The Kier molecular flexibility index (Phi) is 9.16. The Morgan fingerprint density at radius 1 is 1.26 bits per heavy atom. The Bertz CT molecular complexity index is 625. The number of aliphatic imine (C=N–C) groups is 1. The summed E-state index contributed by atoms with van der Waals surface area (Å²) < 4.78 is 0. The van der Waals surface area contributed by atoms with Crippen LogP contribution in [0, 0.1) is 6.92 Å². The molecule has 0 aliphatic carbocycles. The smallest absolute Gasteiger partial charge is 0.191 e. The summed E-state index contributed by atoms with van der Waals surface area (Å²) in [7, 11) is 1.80. The van der Waals surface area contributed by atoms with Gasteiger partial charge in [0.1, 0.15) is 0 Å². The van der Waals surface area contributed by atoms with Crippen LogP contribution in [0.15, 0.2) is 34.6 Å². The molecule has 0 aliphatic heterocycles. The molecule has 23 heavy (non-hydrogen) atoms. The summed E-state index contributed by atoms with van der Waals surface area (Å²) >= 11 is 1.74. The second-order valence-electron chi connectivity index (χ2n) is 5.12. The third-order valence-electron chi connectivity index (χ3n) is 3.51. The van der Waals surface area contributed by atoms with Crippen molar-refractivity contribution in [3.63, 3.8) is 0 Å². The van der Waals surface area contributed by atoms with E-state index in [4.69, 9.17) is 0 Å². The normalized spacial score (nSPS) is 11.0. The Labute approximate surface area is 159 Å². The number of nitrogens with zero attached hydrogens (tertiary/aromatic N) is 2. The first-order valence-corrected chi connectivity index (χ1v) is 8.53. The maximum Gasteiger partial charge on any atom is 0.191 e. The van der Waals surface area contributed by atoms with Crippen molar-refractivity contribution < 1.29 is 0 Å². The highest BCUT2D eigenvalue weighted by Crippen LogP contribution is 2.10. The summed E-state index contributed by atoms with van der Waals surface area (Å²) in [5.41, 5.74) is 3.74. The monoisotopic (exact) mass is 444 g/mol. The molecule has 0 atom stereocenters. The van der Waals surface area contributed by atoms with Crippen LogP contribution in [0.2, 0.25) is 0 Å². The molecule has 0 saturated carbocycles. The zero-order valence-corrected chi connectivity index (χ0v) is 17.1. The fourth-order valence-corrected chi connectivity index (χ4v) is 2.92. The highest BCUT2D eigenvalue weighted by molar-refractivity contribution is 14.0. The zero-order valence-electron chi connectivity index (χ0n) is 13.9. The lowest BCUT2D eigenvalue weighted by Crippen LogP contribution is -2.38. The van der Waals surface area contributed by atoms with Gasteiger partial charge in [0.25, 0.3) is 0 Å². The highest BCUT2D eigenvalue weighted by Gasteiger charge is 2.02. The van der Waals surface area contributed by atoms with Crippen molar-refractivity contribution in [2.45, 2.75) is 33.2 Å². The minimum Gasteiger partial charge on any atom is -0.356 e. The second kappa shape index (κ2) is 10.6. The number of guanidine groups is 1. The first-order chi connectivity index (χ1) is 10.7. The van der Waals surface area contributed by atoms with E-state index in [0.717, 1.165) is 37.6 Å². The van der Waals surface area contributed by atoms with Crippen LogP contribution in [-0.4, -0.2) is 24.5 Å². The summed E-state index contributed by atoms with van der Waals surface area (Å²) in [5.74, 6) is 0.828. The number of aryl methyl sites for hydroxylation is 2. The summed E-state index contributed by atoms with van der Waals surface area (Å²) in [4.78, 5) is 8.84. The molecule has 2 rings (SSSR count). The third-order valence-corrected chi connectivity index (χ3v) is 4.55. The lowest BCUT2D eigenvalue weighted by atomic mass is 10.1. The molecule has 0 amide bonds. The molecule has 0 aliphatic rings. The molecule has 1 aromatic carbocycles. The molecule has 0 saturated heterocycles. The van der Waals surface area contributed by atoms with Crippen molar-refractivity contribution in [2.24, 2.45) is 4.99 Å². The van der Waals surface area contributed by atoms with Gasteiger partial charge in [0.15, 0.2) is 5.96 Å². The molecule has 1 aromatic heterocycles. The molecule has 2 N–H and O–H groups in total. The van der Waals surface area contributed by atoms with E-state index in [-0.39, 0.29) is 24.0 Å². The van der Waals surface area contributed by atoms with Crippen LogP contribution in [0.4, 0.5) is 0 Å². The van der Waals surface area contributed by atoms with Crippen LogP contribution in [0.1, 0.15) is 28.8 Å². The number of hydrogen-bond donors (Lipinski definition) is 2. The Hall–Kier alpha value is -1.15. The van der Waals surface area contributed by atoms with Gasteiger partial charge in [-0.1, -0.05) is 31.2 Å². The number of thiazole rings is 1. The second-order valence-corrected chi connectivity index (χ2v) is 6.06. The molecule has 2 aromatic rings. The predicted molar refractivity (Wildman–Crippen MR) is 110 cm³/mol. The van der Waals surface area contributed by atoms with Gasteiger partial charge >= 0.3 is 0 Å². The molecular weight excluding hydrogens is 419 g/mol. The van der Waals surface area contributed by atoms with Crippen molar-refractivity contribution in [1.29, 1.82) is 0 Å². The standard InChI is InChI=1S/C17H24N4S.HI/c1-4-16-21-15(12-22-16)9-10-19-17(18-3)20-11-14-8-6-5-7-13(14)2;/h5-8,12H,4,9-11H2,1-3H3,(H2,18,19,20);1H. The summed E-state index contributed by atoms with van der Waals surface area (Å²) in [6.07, 6.45) is 1.93. The largest absolute Gasteiger partial charge is 0.356 e. The number of benzene rings is 1. The average Bonchev–Trinajstić information content (AvgIpc) is 3.00. The first kappa shape index (κ1) is 19.9. The van der Waals surface area contributed by atoms with Crippen molar-refractivity contribution in [3.05, 3.63) is 51.5 Å². The average molecular weight is 444 g/mol. The fraction of sp³-hybridized carbons (Fsp3) is 0.412. The molecule has 6 heteroatoms. The Morgan fingerprint density at radius 2 is 2.04 bits per heavy atom. The molecule has 0 spiro atoms. The van der Waals surface area contributed by atoms with E-state index in [1.165, 1.54) is 16.1 Å². The number of nitrogens with one attached hydrogen (secondary N) is 2. The van der Waals surface area contributed by atoms with Crippen LogP contribution in [0.3, 0.4) is 0 Å². The fourth-order valence-electron chi connectivity index (χ4n) is 2.14. The number of halogens is 1. The van der Waals surface area contributed by atoms with Gasteiger partial charge in [-0.3, -0.25) is 4.99 Å². The molecule has 0 bridgehead atoms. The molecule has 126 valence electrons. The minimum absolute atomic E-state index is 0. The first-order valence-electron chi connectivity index (χ1n) is 7.65. The highest BCUT2D eigenvalue weighted by atomic mass is 127. The van der Waals surface area contributed by atoms with Crippen molar-refractivity contribution in [2.75, 3.05) is 13.6 Å². The van der Waals surface area contributed by atoms with Crippen molar-refractivity contribution in [3.8, 4) is 0 Å². The lowest BCUT2D eigenvalue weighted by Gasteiger charge is -2.12. The van der Waals surface area contributed by atoms with Gasteiger partial charge in [-0.2, -0.15) is 0 Å². The maximum atomic E-state index is 4.57. The molecule has 0 radical (unpaired) electrons. The van der Waals surface area contributed by atoms with Crippen LogP contribution in [0.5, 0.6) is 0 Å². The van der Waals surface area contributed by atoms with Crippen LogP contribution in [0.25, 0.3) is 0 Å². The molecule has 1 heterocycles. The number of aromatic nitrogens is 1. The van der Waals surface area contributed by atoms with E-state index in [2.05, 4.69) is 64.1 Å². The van der Waals surface area contributed by atoms with E-state index >= 15 is 0 Å². The molecular formula is C17H25IN4S. The van der Waals surface area contributed by atoms with E-state index in [9.17, 15) is 0 Å². The summed E-state index contributed by atoms with van der Waals surface area (Å²) in [6, 6.07) is 8.38. The number of rotatable bonds is 6. The third kappa shape index (κ3) is 6.47. The van der Waals surface area contributed by atoms with E-state index < -0.39 is 0 Å². The van der Waals surface area contributed by atoms with Crippen molar-refractivity contribution >= 4 is 41.3 Å². The Morgan fingerprint density at radius 3 is 2.70 bits per heavy atom. The molecule has 0 fully saturated rings. The minimum atomic E-state index is 0. The van der Waals surface area contributed by atoms with Crippen molar-refractivity contribution in [1.82, 2.24) is 15.6 Å². The van der Waals surface area contributed by atoms with Gasteiger partial charge in [0.05, 0.1) is 10.7 Å². The van der Waals surface area contributed by atoms with Crippen LogP contribution < -0.4 is 10.6 Å². The quantitative estimate of drug-likeness (QED) is 0.407. The SMILES string of the molecule is CCc1nc(CCNC(=NC)NCc2ccccc2C)cs1.I. The maximum absolute atomic E-state index is 4.57. The summed E-state index contributed by atoms with van der Waals surface area (Å²) in [6.45, 7) is 5.88. The molecule has 4 nitrogen and oxygen atoms in total. The van der Waals surface area contributed by atoms with E-state index in [1.54, 1.807) is 18.4 Å². The van der Waals surface area contributed by atoms with Gasteiger partial charge in [-0.05, 0) is 24.5 Å². The number of hydrogen-bond acceptors (Lipinski definition) is 3. The van der Waals surface area contributed by atoms with E-state index in [1.807, 2.05) is 0 Å². The van der Waals surface area contributed by atoms with Gasteiger partial charge in [0, 0.05) is 31.9 Å². The topological polar surface area (TPSA) is 49.3 Å². The zero-order chi connectivity index (χ0) is 15.8. The van der Waals surface area contributed by atoms with Gasteiger partial charge in [-0.25, -0.2) is 4.98 Å². The van der Waals surface area contributed by atoms with Gasteiger partial charge < -0.3 is 10.6 Å². The Balaban J connectivity index is 0.00000264. The molecule has 0 unspecified atom stereocenters. The van der Waals surface area contributed by atoms with Gasteiger partial charge in [0.2, 0.25) is 0 Å².